The molecule has 4 nitrogen and oxygen atoms in total. The second-order valence-corrected chi connectivity index (χ2v) is 4.93. The maximum Gasteiger partial charge on any atom is 0.307 e. The molecule has 1 rings (SSSR count). The second-order valence-electron chi connectivity index (χ2n) is 4.93. The first kappa shape index (κ1) is 16.7. The van der Waals surface area contributed by atoms with Crippen LogP contribution in [0.1, 0.15) is 30.9 Å². The number of esters is 1. The number of hydrogen-bond donors (Lipinski definition) is 2. The molecule has 0 radical (unpaired) electrons. The second kappa shape index (κ2) is 9.50. The summed E-state index contributed by atoms with van der Waals surface area (Å²) in [5.41, 5.74) is 2.52. The van der Waals surface area contributed by atoms with E-state index in [2.05, 4.69) is 36.5 Å². The van der Waals surface area contributed by atoms with Gasteiger partial charge in [-0.25, -0.2) is 0 Å². The van der Waals surface area contributed by atoms with Crippen molar-refractivity contribution in [3.05, 3.63) is 35.4 Å². The van der Waals surface area contributed by atoms with Crippen LogP contribution in [0.2, 0.25) is 0 Å². The molecule has 112 valence electrons. The maximum absolute atomic E-state index is 11.4. The molecular formula is C16H25NO3. The van der Waals surface area contributed by atoms with Crippen molar-refractivity contribution in [1.29, 1.82) is 0 Å². The van der Waals surface area contributed by atoms with Gasteiger partial charge in [0.15, 0.2) is 0 Å². The van der Waals surface area contributed by atoms with E-state index in [4.69, 9.17) is 9.84 Å². The van der Waals surface area contributed by atoms with Gasteiger partial charge < -0.3 is 15.2 Å². The fourth-order valence-corrected chi connectivity index (χ4v) is 2.18. The molecule has 0 heterocycles. The zero-order valence-electron chi connectivity index (χ0n) is 12.4. The molecule has 0 fully saturated rings. The van der Waals surface area contributed by atoms with Gasteiger partial charge in [-0.2, -0.15) is 0 Å². The summed E-state index contributed by atoms with van der Waals surface area (Å²) < 4.78 is 4.71. The van der Waals surface area contributed by atoms with Crippen LogP contribution in [0.15, 0.2) is 24.3 Å². The number of aliphatic hydroxyl groups excluding tert-OH is 1. The number of carbonyl (C=O) groups excluding carboxylic acids is 1. The van der Waals surface area contributed by atoms with Crippen LogP contribution < -0.4 is 5.32 Å². The molecular weight excluding hydrogens is 254 g/mol. The van der Waals surface area contributed by atoms with Crippen LogP contribution in [-0.4, -0.2) is 37.4 Å². The summed E-state index contributed by atoms with van der Waals surface area (Å²) in [5, 5.41) is 12.1. The Morgan fingerprint density at radius 3 is 2.50 bits per heavy atom. The van der Waals surface area contributed by atoms with Gasteiger partial charge in [0.2, 0.25) is 0 Å². The summed E-state index contributed by atoms with van der Waals surface area (Å²) in [6, 6.07) is 8.48. The first-order valence-electron chi connectivity index (χ1n) is 7.18. The molecule has 1 aromatic carbocycles. The van der Waals surface area contributed by atoms with E-state index in [-0.39, 0.29) is 18.6 Å². The summed E-state index contributed by atoms with van der Waals surface area (Å²) in [6.07, 6.45) is 3.30. The van der Waals surface area contributed by atoms with Gasteiger partial charge in [0.1, 0.15) is 0 Å². The van der Waals surface area contributed by atoms with Crippen molar-refractivity contribution in [1.82, 2.24) is 5.32 Å². The smallest absolute Gasteiger partial charge is 0.307 e. The number of rotatable bonds is 9. The molecule has 0 aromatic heterocycles. The molecule has 0 bridgehead atoms. The number of nitrogens with one attached hydrogen (secondary N) is 1. The Kier molecular flexibility index (Phi) is 7.92. The van der Waals surface area contributed by atoms with Gasteiger partial charge in [0, 0.05) is 12.6 Å². The van der Waals surface area contributed by atoms with Crippen LogP contribution in [-0.2, 0) is 22.4 Å². The van der Waals surface area contributed by atoms with Gasteiger partial charge >= 0.3 is 5.97 Å². The van der Waals surface area contributed by atoms with Gasteiger partial charge in [-0.3, -0.25) is 4.79 Å². The Morgan fingerprint density at radius 2 is 1.95 bits per heavy atom. The largest absolute Gasteiger partial charge is 0.469 e. The fraction of sp³-hybridized carbons (Fsp3) is 0.562. The summed E-state index contributed by atoms with van der Waals surface area (Å²) in [6.45, 7) is 2.71. The number of aliphatic hydroxyl groups is 1. The Hall–Kier alpha value is -1.39. The summed E-state index contributed by atoms with van der Waals surface area (Å²) >= 11 is 0. The maximum atomic E-state index is 11.4. The first-order valence-corrected chi connectivity index (χ1v) is 7.18. The van der Waals surface area contributed by atoms with E-state index in [1.165, 1.54) is 18.2 Å². The Labute approximate surface area is 121 Å². The van der Waals surface area contributed by atoms with Gasteiger partial charge in [-0.1, -0.05) is 37.6 Å². The van der Waals surface area contributed by atoms with Crippen LogP contribution in [0.4, 0.5) is 0 Å². The van der Waals surface area contributed by atoms with Crippen LogP contribution in [0.5, 0.6) is 0 Å². The third kappa shape index (κ3) is 6.17. The minimum absolute atomic E-state index is 0.00775. The molecule has 0 saturated carbocycles. The number of aryl methyl sites for hydroxylation is 1. The zero-order chi connectivity index (χ0) is 14.8. The highest BCUT2D eigenvalue weighted by Gasteiger charge is 2.14. The standard InChI is InChI=1S/C16H25NO3/c1-3-4-13-5-7-14(8-6-13)11-15(17-9-10-18)12-16(19)20-2/h5-8,15,17-18H,3-4,9-12H2,1-2H3. The van der Waals surface area contributed by atoms with Crippen molar-refractivity contribution in [2.24, 2.45) is 0 Å². The number of benzene rings is 1. The summed E-state index contributed by atoms with van der Waals surface area (Å²) in [7, 11) is 1.39. The van der Waals surface area contributed by atoms with Crippen molar-refractivity contribution in [3.63, 3.8) is 0 Å². The van der Waals surface area contributed by atoms with Crippen molar-refractivity contribution in [3.8, 4) is 0 Å². The highest BCUT2D eigenvalue weighted by molar-refractivity contribution is 5.70. The van der Waals surface area contributed by atoms with E-state index < -0.39 is 0 Å². The molecule has 1 atom stereocenters. The van der Waals surface area contributed by atoms with Crippen molar-refractivity contribution < 1.29 is 14.6 Å². The quantitative estimate of drug-likeness (QED) is 0.675. The highest BCUT2D eigenvalue weighted by atomic mass is 16.5. The molecule has 4 heteroatoms. The van der Waals surface area contributed by atoms with Gasteiger partial charge in [-0.05, 0) is 24.0 Å². The van der Waals surface area contributed by atoms with E-state index in [9.17, 15) is 4.79 Å². The summed E-state index contributed by atoms with van der Waals surface area (Å²) in [5.74, 6) is -0.233. The predicted molar refractivity (Wildman–Crippen MR) is 79.7 cm³/mol. The van der Waals surface area contributed by atoms with E-state index in [0.29, 0.717) is 13.0 Å². The summed E-state index contributed by atoms with van der Waals surface area (Å²) in [4.78, 5) is 11.4. The van der Waals surface area contributed by atoms with Crippen LogP contribution >= 0.6 is 0 Å². The van der Waals surface area contributed by atoms with Gasteiger partial charge in [0.25, 0.3) is 0 Å². The molecule has 0 spiro atoms. The third-order valence-electron chi connectivity index (χ3n) is 3.23. The van der Waals surface area contributed by atoms with Crippen LogP contribution in [0.25, 0.3) is 0 Å². The average Bonchev–Trinajstić information content (AvgIpc) is 2.47. The third-order valence-corrected chi connectivity index (χ3v) is 3.23. The van der Waals surface area contributed by atoms with E-state index in [1.807, 2.05) is 0 Å². The van der Waals surface area contributed by atoms with Gasteiger partial charge in [0.05, 0.1) is 20.1 Å². The lowest BCUT2D eigenvalue weighted by molar-refractivity contribution is -0.141. The van der Waals surface area contributed by atoms with E-state index in [1.54, 1.807) is 0 Å². The normalized spacial score (nSPS) is 12.2. The number of methoxy groups -OCH3 is 1. The molecule has 20 heavy (non-hydrogen) atoms. The Morgan fingerprint density at radius 1 is 1.30 bits per heavy atom. The first-order chi connectivity index (χ1) is 9.69. The van der Waals surface area contributed by atoms with Gasteiger partial charge in [-0.15, -0.1) is 0 Å². The van der Waals surface area contributed by atoms with Crippen LogP contribution in [0, 0.1) is 0 Å². The van der Waals surface area contributed by atoms with Crippen molar-refractivity contribution in [2.45, 2.75) is 38.6 Å². The Bertz CT molecular complexity index is 389. The molecule has 0 amide bonds. The lowest BCUT2D eigenvalue weighted by Crippen LogP contribution is -2.35. The predicted octanol–water partition coefficient (Wildman–Crippen LogP) is 1.70. The molecule has 0 aliphatic rings. The molecule has 0 saturated heterocycles. The molecule has 1 unspecified atom stereocenters. The minimum Gasteiger partial charge on any atom is -0.469 e. The fourth-order valence-electron chi connectivity index (χ4n) is 2.18. The zero-order valence-corrected chi connectivity index (χ0v) is 12.4. The van der Waals surface area contributed by atoms with Crippen LogP contribution in [0.3, 0.4) is 0 Å². The molecule has 1 aromatic rings. The number of hydrogen-bond acceptors (Lipinski definition) is 4. The number of carbonyl (C=O) groups is 1. The van der Waals surface area contributed by atoms with E-state index in [0.717, 1.165) is 19.3 Å². The molecule has 2 N–H and O–H groups in total. The molecule has 0 aliphatic carbocycles. The van der Waals surface area contributed by atoms with Crippen molar-refractivity contribution >= 4 is 5.97 Å². The minimum atomic E-state index is -0.233. The topological polar surface area (TPSA) is 58.6 Å². The Balaban J connectivity index is 2.60. The lowest BCUT2D eigenvalue weighted by Gasteiger charge is -2.17. The SMILES string of the molecule is CCCc1ccc(CC(CC(=O)OC)NCCO)cc1. The molecule has 0 aliphatic heterocycles. The van der Waals surface area contributed by atoms with E-state index >= 15 is 0 Å². The monoisotopic (exact) mass is 279 g/mol. The highest BCUT2D eigenvalue weighted by Crippen LogP contribution is 2.10. The lowest BCUT2D eigenvalue weighted by atomic mass is 10.0. The average molecular weight is 279 g/mol. The van der Waals surface area contributed by atoms with Crippen molar-refractivity contribution in [2.75, 3.05) is 20.3 Å². The number of ether oxygens (including phenoxy) is 1.